The van der Waals surface area contributed by atoms with Crippen LogP contribution in [0.3, 0.4) is 0 Å². The van der Waals surface area contributed by atoms with Crippen molar-refractivity contribution in [3.8, 4) is 28.7 Å². The number of hydrogen-bond donors (Lipinski definition) is 5. The van der Waals surface area contributed by atoms with Crippen molar-refractivity contribution in [3.63, 3.8) is 0 Å². The lowest BCUT2D eigenvalue weighted by Gasteiger charge is -2.08. The predicted molar refractivity (Wildman–Crippen MR) is 64.0 cm³/mol. The van der Waals surface area contributed by atoms with Crippen molar-refractivity contribution in [3.05, 3.63) is 41.5 Å². The van der Waals surface area contributed by atoms with Gasteiger partial charge in [-0.3, -0.25) is 0 Å². The predicted octanol–water partition coefficient (Wildman–Crippen LogP) is 1.81. The molecule has 0 amide bonds. The highest BCUT2D eigenvalue weighted by molar-refractivity contribution is 5.51. The Labute approximate surface area is 103 Å². The number of aromatic hydroxyl groups is 5. The molecule has 0 radical (unpaired) electrons. The van der Waals surface area contributed by atoms with Gasteiger partial charge in [0.1, 0.15) is 17.2 Å². The maximum atomic E-state index is 9.62. The van der Waals surface area contributed by atoms with E-state index in [1.54, 1.807) is 0 Å². The highest BCUT2D eigenvalue weighted by Crippen LogP contribution is 2.35. The van der Waals surface area contributed by atoms with E-state index in [4.69, 9.17) is 0 Å². The van der Waals surface area contributed by atoms with Gasteiger partial charge in [0.15, 0.2) is 11.5 Å². The van der Waals surface area contributed by atoms with Crippen LogP contribution in [-0.2, 0) is 6.42 Å². The molecule has 18 heavy (non-hydrogen) atoms. The van der Waals surface area contributed by atoms with Gasteiger partial charge >= 0.3 is 0 Å². The van der Waals surface area contributed by atoms with E-state index in [0.717, 1.165) is 6.07 Å². The average molecular weight is 248 g/mol. The molecule has 0 atom stereocenters. The monoisotopic (exact) mass is 248 g/mol. The van der Waals surface area contributed by atoms with E-state index in [1.807, 2.05) is 0 Å². The summed E-state index contributed by atoms with van der Waals surface area (Å²) in [6, 6.07) is 6.26. The van der Waals surface area contributed by atoms with Crippen molar-refractivity contribution in [1.29, 1.82) is 0 Å². The summed E-state index contributed by atoms with van der Waals surface area (Å²) in [5, 5.41) is 47.1. The van der Waals surface area contributed by atoms with Crippen molar-refractivity contribution in [1.82, 2.24) is 0 Å². The minimum atomic E-state index is -0.420. The number of rotatable bonds is 2. The first-order valence-corrected chi connectivity index (χ1v) is 5.22. The minimum absolute atomic E-state index is 0.00899. The Hall–Kier alpha value is -2.56. The molecule has 0 fully saturated rings. The molecule has 0 aliphatic carbocycles. The second kappa shape index (κ2) is 4.37. The Balaban J connectivity index is 2.40. The van der Waals surface area contributed by atoms with Gasteiger partial charge in [0.05, 0.1) is 0 Å². The van der Waals surface area contributed by atoms with Crippen molar-refractivity contribution in [2.45, 2.75) is 6.42 Å². The summed E-state index contributed by atoms with van der Waals surface area (Å²) in [6.07, 6.45) is 0.111. The third-order valence-electron chi connectivity index (χ3n) is 2.62. The fourth-order valence-corrected chi connectivity index (χ4v) is 1.67. The Morgan fingerprint density at radius 3 is 1.94 bits per heavy atom. The SMILES string of the molecule is Oc1ccc(O)c(Cc2cc(O)c(O)cc2O)c1. The zero-order valence-corrected chi connectivity index (χ0v) is 9.33. The maximum absolute atomic E-state index is 9.62. The third-order valence-corrected chi connectivity index (χ3v) is 2.62. The van der Waals surface area contributed by atoms with Crippen LogP contribution in [0.5, 0.6) is 28.7 Å². The fraction of sp³-hybridized carbons (Fsp3) is 0.0769. The zero-order chi connectivity index (χ0) is 13.3. The maximum Gasteiger partial charge on any atom is 0.161 e. The van der Waals surface area contributed by atoms with Crippen LogP contribution in [0.2, 0.25) is 0 Å². The van der Waals surface area contributed by atoms with Gasteiger partial charge in [-0.05, 0) is 24.3 Å². The van der Waals surface area contributed by atoms with E-state index >= 15 is 0 Å². The Morgan fingerprint density at radius 2 is 1.22 bits per heavy atom. The van der Waals surface area contributed by atoms with Gasteiger partial charge in [0.25, 0.3) is 0 Å². The minimum Gasteiger partial charge on any atom is -0.508 e. The van der Waals surface area contributed by atoms with Gasteiger partial charge in [0, 0.05) is 23.6 Å². The fourth-order valence-electron chi connectivity index (χ4n) is 1.67. The lowest BCUT2D eigenvalue weighted by Crippen LogP contribution is -1.90. The van der Waals surface area contributed by atoms with Gasteiger partial charge in [-0.15, -0.1) is 0 Å². The molecule has 2 aromatic rings. The van der Waals surface area contributed by atoms with E-state index in [2.05, 4.69) is 0 Å². The zero-order valence-electron chi connectivity index (χ0n) is 9.33. The van der Waals surface area contributed by atoms with Crippen molar-refractivity contribution in [2.75, 3.05) is 0 Å². The summed E-state index contributed by atoms with van der Waals surface area (Å²) < 4.78 is 0. The van der Waals surface area contributed by atoms with Crippen LogP contribution < -0.4 is 0 Å². The summed E-state index contributed by atoms with van der Waals surface area (Å²) in [6.45, 7) is 0. The molecule has 2 rings (SSSR count). The number of phenols is 5. The van der Waals surface area contributed by atoms with E-state index in [0.29, 0.717) is 11.1 Å². The lowest BCUT2D eigenvalue weighted by atomic mass is 10.0. The first kappa shape index (κ1) is 11.9. The standard InChI is InChI=1S/C13H12O5/c14-9-1-2-10(15)7(4-9)3-8-5-12(17)13(18)6-11(8)16/h1-2,4-6,14-18H,3H2. The first-order valence-electron chi connectivity index (χ1n) is 5.22. The molecule has 0 bridgehead atoms. The highest BCUT2D eigenvalue weighted by atomic mass is 16.3. The second-order valence-corrected chi connectivity index (χ2v) is 3.96. The normalized spacial score (nSPS) is 10.4. The summed E-state index contributed by atoms with van der Waals surface area (Å²) in [5.41, 5.74) is 0.724. The molecule has 0 aliphatic rings. The Kier molecular flexibility index (Phi) is 2.89. The summed E-state index contributed by atoms with van der Waals surface area (Å²) in [7, 11) is 0. The quantitative estimate of drug-likeness (QED) is 0.412. The van der Waals surface area contributed by atoms with Crippen molar-refractivity contribution >= 4 is 0 Å². The molecule has 0 saturated heterocycles. The van der Waals surface area contributed by atoms with Gasteiger partial charge in [-0.25, -0.2) is 0 Å². The highest BCUT2D eigenvalue weighted by Gasteiger charge is 2.11. The third kappa shape index (κ3) is 2.24. The van der Waals surface area contributed by atoms with E-state index in [9.17, 15) is 25.5 Å². The molecule has 0 heterocycles. The van der Waals surface area contributed by atoms with Crippen LogP contribution >= 0.6 is 0 Å². The molecule has 0 aromatic heterocycles. The van der Waals surface area contributed by atoms with Crippen LogP contribution in [0.25, 0.3) is 0 Å². The van der Waals surface area contributed by atoms with Crippen LogP contribution in [0.1, 0.15) is 11.1 Å². The Bertz CT molecular complexity index is 592. The van der Waals surface area contributed by atoms with Gasteiger partial charge in [-0.1, -0.05) is 0 Å². The molecule has 94 valence electrons. The van der Waals surface area contributed by atoms with Crippen molar-refractivity contribution in [2.24, 2.45) is 0 Å². The number of hydrogen-bond acceptors (Lipinski definition) is 5. The average Bonchev–Trinajstić information content (AvgIpc) is 2.30. The summed E-state index contributed by atoms with van der Waals surface area (Å²) >= 11 is 0. The molecular weight excluding hydrogens is 236 g/mol. The van der Waals surface area contributed by atoms with E-state index in [-0.39, 0.29) is 29.4 Å². The molecule has 0 aliphatic heterocycles. The van der Waals surface area contributed by atoms with Crippen LogP contribution in [-0.4, -0.2) is 25.5 Å². The second-order valence-electron chi connectivity index (χ2n) is 3.96. The molecule has 5 nitrogen and oxygen atoms in total. The molecule has 0 saturated carbocycles. The summed E-state index contributed by atoms with van der Waals surface area (Å²) in [4.78, 5) is 0. The van der Waals surface area contributed by atoms with Crippen LogP contribution in [0, 0.1) is 0 Å². The van der Waals surface area contributed by atoms with Gasteiger partial charge in [0.2, 0.25) is 0 Å². The molecule has 5 N–H and O–H groups in total. The molecule has 0 unspecified atom stereocenters. The number of phenolic OH excluding ortho intramolecular Hbond substituents is 5. The lowest BCUT2D eigenvalue weighted by molar-refractivity contribution is 0.394. The molecular formula is C13H12O5. The smallest absolute Gasteiger partial charge is 0.161 e. The Morgan fingerprint density at radius 1 is 0.611 bits per heavy atom. The van der Waals surface area contributed by atoms with Crippen LogP contribution in [0.4, 0.5) is 0 Å². The summed E-state index contributed by atoms with van der Waals surface area (Å²) in [5.74, 6) is -1.02. The van der Waals surface area contributed by atoms with Gasteiger partial charge < -0.3 is 25.5 Å². The largest absolute Gasteiger partial charge is 0.508 e. The molecule has 5 heteroatoms. The van der Waals surface area contributed by atoms with E-state index in [1.165, 1.54) is 24.3 Å². The number of benzene rings is 2. The topological polar surface area (TPSA) is 101 Å². The van der Waals surface area contributed by atoms with Crippen molar-refractivity contribution < 1.29 is 25.5 Å². The molecule has 0 spiro atoms. The molecule has 2 aromatic carbocycles. The first-order chi connectivity index (χ1) is 8.47. The van der Waals surface area contributed by atoms with Gasteiger partial charge in [-0.2, -0.15) is 0 Å². The van der Waals surface area contributed by atoms with E-state index < -0.39 is 5.75 Å². The van der Waals surface area contributed by atoms with Crippen LogP contribution in [0.15, 0.2) is 30.3 Å².